The molecule has 5 heteroatoms. The summed E-state index contributed by atoms with van der Waals surface area (Å²) in [7, 11) is 0. The lowest BCUT2D eigenvalue weighted by atomic mass is 10.1. The van der Waals surface area contributed by atoms with Gasteiger partial charge in [0.2, 0.25) is 0 Å². The third-order valence-electron chi connectivity index (χ3n) is 2.09. The van der Waals surface area contributed by atoms with Gasteiger partial charge in [0, 0.05) is 11.4 Å². The molecule has 1 aromatic carbocycles. The van der Waals surface area contributed by atoms with Crippen LogP contribution in [0.2, 0.25) is 5.02 Å². The highest BCUT2D eigenvalue weighted by Crippen LogP contribution is 2.14. The molecule has 0 aliphatic heterocycles. The van der Waals surface area contributed by atoms with E-state index in [0.29, 0.717) is 15.9 Å². The van der Waals surface area contributed by atoms with E-state index in [1.165, 1.54) is 0 Å². The molecular formula is C11H8BrClN2O. The van der Waals surface area contributed by atoms with Gasteiger partial charge in [-0.05, 0) is 39.7 Å². The van der Waals surface area contributed by atoms with E-state index in [0.717, 1.165) is 11.3 Å². The van der Waals surface area contributed by atoms with Crippen molar-refractivity contribution in [1.29, 1.82) is 0 Å². The van der Waals surface area contributed by atoms with Crippen LogP contribution in [0, 0.1) is 0 Å². The van der Waals surface area contributed by atoms with Crippen LogP contribution in [0.1, 0.15) is 11.3 Å². The van der Waals surface area contributed by atoms with E-state index in [-0.39, 0.29) is 5.56 Å². The topological polar surface area (TPSA) is 45.8 Å². The van der Waals surface area contributed by atoms with Gasteiger partial charge in [0.15, 0.2) is 0 Å². The number of aromatic nitrogens is 2. The first-order valence-electron chi connectivity index (χ1n) is 4.64. The molecule has 0 bridgehead atoms. The molecule has 3 nitrogen and oxygen atoms in total. The second kappa shape index (κ2) is 4.80. The zero-order chi connectivity index (χ0) is 11.5. The number of aromatic amines is 1. The van der Waals surface area contributed by atoms with Crippen LogP contribution in [0.4, 0.5) is 0 Å². The summed E-state index contributed by atoms with van der Waals surface area (Å²) in [5.41, 5.74) is 1.61. The number of hydrogen-bond acceptors (Lipinski definition) is 2. The second-order valence-corrected chi connectivity index (χ2v) is 4.63. The van der Waals surface area contributed by atoms with E-state index in [4.69, 9.17) is 11.6 Å². The second-order valence-electron chi connectivity index (χ2n) is 3.34. The molecule has 0 amide bonds. The smallest absolute Gasteiger partial charge is 0.267 e. The number of rotatable bonds is 2. The molecule has 2 aromatic rings. The summed E-state index contributed by atoms with van der Waals surface area (Å²) in [5, 5.41) is 7.07. The number of halogens is 2. The fraction of sp³-hybridized carbons (Fsp3) is 0.0909. The van der Waals surface area contributed by atoms with E-state index in [1.54, 1.807) is 6.07 Å². The molecule has 2 rings (SSSR count). The highest BCUT2D eigenvalue weighted by molar-refractivity contribution is 9.10. The highest BCUT2D eigenvalue weighted by atomic mass is 79.9. The maximum Gasteiger partial charge on any atom is 0.278 e. The molecular weight excluding hydrogens is 291 g/mol. The molecule has 0 saturated heterocycles. The van der Waals surface area contributed by atoms with Crippen LogP contribution < -0.4 is 5.56 Å². The Morgan fingerprint density at radius 2 is 2.19 bits per heavy atom. The molecule has 0 aliphatic carbocycles. The Balaban J connectivity index is 2.27. The molecule has 1 aromatic heterocycles. The summed E-state index contributed by atoms with van der Waals surface area (Å²) in [5.74, 6) is 0. The minimum atomic E-state index is -0.227. The average Bonchev–Trinajstić information content (AvgIpc) is 2.24. The van der Waals surface area contributed by atoms with Gasteiger partial charge in [0.1, 0.15) is 0 Å². The van der Waals surface area contributed by atoms with E-state index in [9.17, 15) is 4.79 Å². The van der Waals surface area contributed by atoms with Gasteiger partial charge >= 0.3 is 0 Å². The monoisotopic (exact) mass is 298 g/mol. The number of hydrogen-bond donors (Lipinski definition) is 1. The predicted molar refractivity (Wildman–Crippen MR) is 66.8 cm³/mol. The molecule has 16 heavy (non-hydrogen) atoms. The first-order chi connectivity index (χ1) is 7.65. The van der Waals surface area contributed by atoms with Crippen molar-refractivity contribution in [3.63, 3.8) is 0 Å². The Labute approximate surface area is 106 Å². The fourth-order valence-electron chi connectivity index (χ4n) is 1.37. The van der Waals surface area contributed by atoms with Crippen molar-refractivity contribution in [2.75, 3.05) is 0 Å². The van der Waals surface area contributed by atoms with Crippen LogP contribution in [0.5, 0.6) is 0 Å². The molecule has 0 spiro atoms. The van der Waals surface area contributed by atoms with Crippen molar-refractivity contribution in [3.05, 3.63) is 61.4 Å². The molecule has 0 saturated carbocycles. The van der Waals surface area contributed by atoms with Crippen molar-refractivity contribution in [3.8, 4) is 0 Å². The summed E-state index contributed by atoms with van der Waals surface area (Å²) < 4.78 is 0.486. The summed E-state index contributed by atoms with van der Waals surface area (Å²) >= 11 is 9.04. The van der Waals surface area contributed by atoms with Crippen molar-refractivity contribution < 1.29 is 0 Å². The van der Waals surface area contributed by atoms with Crippen LogP contribution in [0.3, 0.4) is 0 Å². The molecule has 0 fully saturated rings. The van der Waals surface area contributed by atoms with Gasteiger partial charge in [-0.25, -0.2) is 5.10 Å². The lowest BCUT2D eigenvalue weighted by molar-refractivity contribution is 0.903. The summed E-state index contributed by atoms with van der Waals surface area (Å²) in [6.45, 7) is 0. The lowest BCUT2D eigenvalue weighted by Gasteiger charge is -2.01. The van der Waals surface area contributed by atoms with E-state index in [1.807, 2.05) is 24.3 Å². The predicted octanol–water partition coefficient (Wildman–Crippen LogP) is 2.78. The number of H-pyrrole nitrogens is 1. The van der Waals surface area contributed by atoms with Crippen molar-refractivity contribution in [1.82, 2.24) is 10.2 Å². The van der Waals surface area contributed by atoms with Crippen LogP contribution in [0.15, 0.2) is 39.6 Å². The van der Waals surface area contributed by atoms with Gasteiger partial charge < -0.3 is 0 Å². The molecule has 1 N–H and O–H groups in total. The SMILES string of the molecule is O=c1[nH]nc(Cc2cccc(Cl)c2)cc1Br. The average molecular weight is 300 g/mol. The molecule has 0 unspecified atom stereocenters. The standard InChI is InChI=1S/C11H8BrClN2O/c12-10-6-9(14-15-11(10)16)5-7-2-1-3-8(13)4-7/h1-4,6H,5H2,(H,15,16). The van der Waals surface area contributed by atoms with Gasteiger partial charge in [-0.3, -0.25) is 4.79 Å². The third-order valence-corrected chi connectivity index (χ3v) is 2.91. The molecule has 82 valence electrons. The van der Waals surface area contributed by atoms with Crippen LogP contribution in [0.25, 0.3) is 0 Å². The van der Waals surface area contributed by atoms with Crippen molar-refractivity contribution in [2.24, 2.45) is 0 Å². The largest absolute Gasteiger partial charge is 0.278 e. The van der Waals surface area contributed by atoms with Gasteiger partial charge in [-0.15, -0.1) is 0 Å². The summed E-state index contributed by atoms with van der Waals surface area (Å²) in [6, 6.07) is 9.26. The van der Waals surface area contributed by atoms with Crippen LogP contribution in [-0.2, 0) is 6.42 Å². The third kappa shape index (κ3) is 2.71. The minimum Gasteiger partial charge on any atom is -0.267 e. The normalized spacial score (nSPS) is 10.4. The zero-order valence-corrected chi connectivity index (χ0v) is 10.5. The Hall–Kier alpha value is -1.13. The van der Waals surface area contributed by atoms with Crippen LogP contribution >= 0.6 is 27.5 Å². The molecule has 0 radical (unpaired) electrons. The van der Waals surface area contributed by atoms with Crippen molar-refractivity contribution >= 4 is 27.5 Å². The lowest BCUT2D eigenvalue weighted by Crippen LogP contribution is -2.10. The molecule has 0 atom stereocenters. The quantitative estimate of drug-likeness (QED) is 0.927. The van der Waals surface area contributed by atoms with Crippen LogP contribution in [-0.4, -0.2) is 10.2 Å². The van der Waals surface area contributed by atoms with E-state index >= 15 is 0 Å². The Morgan fingerprint density at radius 1 is 1.38 bits per heavy atom. The van der Waals surface area contributed by atoms with Gasteiger partial charge in [0.05, 0.1) is 10.2 Å². The van der Waals surface area contributed by atoms with E-state index < -0.39 is 0 Å². The van der Waals surface area contributed by atoms with Gasteiger partial charge in [-0.1, -0.05) is 23.7 Å². The Bertz CT molecular complexity index is 568. The van der Waals surface area contributed by atoms with Crippen molar-refractivity contribution in [2.45, 2.75) is 6.42 Å². The first kappa shape index (κ1) is 11.4. The maximum atomic E-state index is 11.1. The Morgan fingerprint density at radius 3 is 2.88 bits per heavy atom. The number of benzene rings is 1. The summed E-state index contributed by atoms with van der Waals surface area (Å²) in [4.78, 5) is 11.1. The number of nitrogens with one attached hydrogen (secondary N) is 1. The summed E-state index contributed by atoms with van der Waals surface area (Å²) in [6.07, 6.45) is 0.635. The van der Waals surface area contributed by atoms with Gasteiger partial charge in [0.25, 0.3) is 5.56 Å². The molecule has 0 aliphatic rings. The van der Waals surface area contributed by atoms with Gasteiger partial charge in [-0.2, -0.15) is 5.10 Å². The fourth-order valence-corrected chi connectivity index (χ4v) is 1.93. The minimum absolute atomic E-state index is 0.227. The highest BCUT2D eigenvalue weighted by Gasteiger charge is 2.02. The zero-order valence-electron chi connectivity index (χ0n) is 8.21. The van der Waals surface area contributed by atoms with E-state index in [2.05, 4.69) is 26.1 Å². The maximum absolute atomic E-state index is 11.1. The number of nitrogens with zero attached hydrogens (tertiary/aromatic N) is 1. The first-order valence-corrected chi connectivity index (χ1v) is 5.81. The Kier molecular flexibility index (Phi) is 3.41. The molecule has 1 heterocycles.